The molecule has 1 saturated carbocycles. The lowest BCUT2D eigenvalue weighted by Gasteiger charge is -2.29. The summed E-state index contributed by atoms with van der Waals surface area (Å²) in [5, 5.41) is 4.99. The molecular weight excluding hydrogens is 252 g/mol. The molecule has 0 radical (unpaired) electrons. The standard InChI is InChI=1S/C16H28N2S/c1-5-12-7-6-8-13(9-12)17-10-14-11-18-15(19-14)16(2,3)4/h11-13,17H,5-10H2,1-4H3. The lowest BCUT2D eigenvalue weighted by Crippen LogP contribution is -2.33. The molecule has 19 heavy (non-hydrogen) atoms. The number of rotatable bonds is 4. The summed E-state index contributed by atoms with van der Waals surface area (Å²) in [5.74, 6) is 0.942. The Hall–Kier alpha value is -0.410. The van der Waals surface area contributed by atoms with Gasteiger partial charge in [-0.25, -0.2) is 4.98 Å². The summed E-state index contributed by atoms with van der Waals surface area (Å²) < 4.78 is 0. The zero-order valence-electron chi connectivity index (χ0n) is 12.8. The van der Waals surface area contributed by atoms with Gasteiger partial charge in [-0.3, -0.25) is 0 Å². The summed E-state index contributed by atoms with van der Waals surface area (Å²) in [4.78, 5) is 5.94. The fourth-order valence-corrected chi connectivity index (χ4v) is 3.75. The fourth-order valence-electron chi connectivity index (χ4n) is 2.83. The van der Waals surface area contributed by atoms with E-state index >= 15 is 0 Å². The van der Waals surface area contributed by atoms with Crippen molar-refractivity contribution >= 4 is 11.3 Å². The minimum Gasteiger partial charge on any atom is -0.309 e. The molecule has 2 atom stereocenters. The molecule has 0 amide bonds. The van der Waals surface area contributed by atoms with E-state index in [4.69, 9.17) is 0 Å². The smallest absolute Gasteiger partial charge is 0.0981 e. The first-order valence-electron chi connectivity index (χ1n) is 7.67. The van der Waals surface area contributed by atoms with Crippen LogP contribution in [0.4, 0.5) is 0 Å². The predicted molar refractivity (Wildman–Crippen MR) is 83.7 cm³/mol. The Labute approximate surface area is 122 Å². The second-order valence-electron chi connectivity index (χ2n) is 6.90. The third-order valence-corrected chi connectivity index (χ3v) is 5.54. The molecule has 2 nitrogen and oxygen atoms in total. The van der Waals surface area contributed by atoms with E-state index in [1.165, 1.54) is 42.0 Å². The number of nitrogens with one attached hydrogen (secondary N) is 1. The number of aromatic nitrogens is 1. The van der Waals surface area contributed by atoms with E-state index in [1.807, 2.05) is 11.3 Å². The first-order chi connectivity index (χ1) is 8.99. The van der Waals surface area contributed by atoms with E-state index in [1.54, 1.807) is 0 Å². The SMILES string of the molecule is CCC1CCCC(NCc2cnc(C(C)(C)C)s2)C1. The van der Waals surface area contributed by atoms with Crippen molar-refractivity contribution in [3.05, 3.63) is 16.1 Å². The van der Waals surface area contributed by atoms with Crippen molar-refractivity contribution in [1.82, 2.24) is 10.3 Å². The van der Waals surface area contributed by atoms with Crippen LogP contribution in [0.2, 0.25) is 0 Å². The molecule has 2 rings (SSSR count). The van der Waals surface area contributed by atoms with Crippen molar-refractivity contribution < 1.29 is 0 Å². The maximum absolute atomic E-state index is 4.56. The van der Waals surface area contributed by atoms with E-state index in [9.17, 15) is 0 Å². The Kier molecular flexibility index (Phi) is 5.02. The van der Waals surface area contributed by atoms with Crippen LogP contribution in [-0.2, 0) is 12.0 Å². The van der Waals surface area contributed by atoms with Crippen LogP contribution >= 0.6 is 11.3 Å². The molecule has 0 bridgehead atoms. The highest BCUT2D eigenvalue weighted by Gasteiger charge is 2.21. The summed E-state index contributed by atoms with van der Waals surface area (Å²) in [6.07, 6.45) is 8.93. The average molecular weight is 280 g/mol. The largest absolute Gasteiger partial charge is 0.309 e. The van der Waals surface area contributed by atoms with Gasteiger partial charge in [0.25, 0.3) is 0 Å². The highest BCUT2D eigenvalue weighted by atomic mass is 32.1. The van der Waals surface area contributed by atoms with Gasteiger partial charge in [0.1, 0.15) is 0 Å². The molecule has 2 unspecified atom stereocenters. The van der Waals surface area contributed by atoms with Gasteiger partial charge in [0.05, 0.1) is 5.01 Å². The first-order valence-corrected chi connectivity index (χ1v) is 8.49. The lowest BCUT2D eigenvalue weighted by atomic mass is 9.84. The van der Waals surface area contributed by atoms with E-state index in [0.29, 0.717) is 0 Å². The van der Waals surface area contributed by atoms with Gasteiger partial charge in [0.2, 0.25) is 0 Å². The molecule has 1 aromatic rings. The Bertz CT molecular complexity index is 392. The topological polar surface area (TPSA) is 24.9 Å². The van der Waals surface area contributed by atoms with Gasteiger partial charge in [0.15, 0.2) is 0 Å². The molecular formula is C16H28N2S. The van der Waals surface area contributed by atoms with Crippen molar-refractivity contribution in [1.29, 1.82) is 0 Å². The molecule has 3 heteroatoms. The molecule has 1 aliphatic carbocycles. The molecule has 0 aliphatic heterocycles. The van der Waals surface area contributed by atoms with E-state index in [-0.39, 0.29) is 5.41 Å². The highest BCUT2D eigenvalue weighted by molar-refractivity contribution is 7.11. The number of hydrogen-bond acceptors (Lipinski definition) is 3. The van der Waals surface area contributed by atoms with Crippen molar-refractivity contribution in [3.63, 3.8) is 0 Å². The summed E-state index contributed by atoms with van der Waals surface area (Å²) in [5.41, 5.74) is 0.182. The molecule has 1 aromatic heterocycles. The minimum atomic E-state index is 0.182. The van der Waals surface area contributed by atoms with Crippen LogP contribution in [0.5, 0.6) is 0 Å². The van der Waals surface area contributed by atoms with Gasteiger partial charge < -0.3 is 5.32 Å². The van der Waals surface area contributed by atoms with Crippen LogP contribution in [-0.4, -0.2) is 11.0 Å². The number of thiazole rings is 1. The quantitative estimate of drug-likeness (QED) is 0.878. The molecule has 0 aromatic carbocycles. The van der Waals surface area contributed by atoms with Crippen molar-refractivity contribution in [3.8, 4) is 0 Å². The normalized spacial score (nSPS) is 24.6. The zero-order valence-corrected chi connectivity index (χ0v) is 13.6. The monoisotopic (exact) mass is 280 g/mol. The molecule has 0 saturated heterocycles. The van der Waals surface area contributed by atoms with Crippen LogP contribution in [0.3, 0.4) is 0 Å². The zero-order chi connectivity index (χ0) is 13.9. The second-order valence-corrected chi connectivity index (χ2v) is 8.02. The van der Waals surface area contributed by atoms with Gasteiger partial charge in [-0.15, -0.1) is 11.3 Å². The maximum Gasteiger partial charge on any atom is 0.0981 e. The fraction of sp³-hybridized carbons (Fsp3) is 0.812. The Morgan fingerprint density at radius 1 is 1.37 bits per heavy atom. The van der Waals surface area contributed by atoms with E-state index in [0.717, 1.165) is 18.5 Å². The predicted octanol–water partition coefficient (Wildman–Crippen LogP) is 4.50. The summed E-state index contributed by atoms with van der Waals surface area (Å²) in [7, 11) is 0. The van der Waals surface area contributed by atoms with Crippen LogP contribution in [0.25, 0.3) is 0 Å². The minimum absolute atomic E-state index is 0.182. The first kappa shape index (κ1) is 15.0. The molecule has 1 fully saturated rings. The summed E-state index contributed by atoms with van der Waals surface area (Å²) in [6, 6.07) is 0.721. The van der Waals surface area contributed by atoms with Crippen LogP contribution in [0, 0.1) is 5.92 Å². The molecule has 1 heterocycles. The van der Waals surface area contributed by atoms with E-state index in [2.05, 4.69) is 44.2 Å². The number of hydrogen-bond donors (Lipinski definition) is 1. The Morgan fingerprint density at radius 2 is 2.16 bits per heavy atom. The van der Waals surface area contributed by atoms with Crippen molar-refractivity contribution in [2.75, 3.05) is 0 Å². The van der Waals surface area contributed by atoms with Crippen LogP contribution in [0.1, 0.15) is 69.7 Å². The maximum atomic E-state index is 4.56. The summed E-state index contributed by atoms with van der Waals surface area (Å²) >= 11 is 1.86. The Balaban J connectivity index is 1.83. The van der Waals surface area contributed by atoms with Gasteiger partial charge >= 0.3 is 0 Å². The molecule has 1 aliphatic rings. The third-order valence-electron chi connectivity index (χ3n) is 4.12. The molecule has 1 N–H and O–H groups in total. The van der Waals surface area contributed by atoms with Gasteiger partial charge in [0, 0.05) is 29.1 Å². The number of nitrogens with zero attached hydrogens (tertiary/aromatic N) is 1. The Morgan fingerprint density at radius 3 is 2.79 bits per heavy atom. The van der Waals surface area contributed by atoms with Gasteiger partial charge in [-0.2, -0.15) is 0 Å². The average Bonchev–Trinajstić information content (AvgIpc) is 2.85. The third kappa shape index (κ3) is 4.28. The van der Waals surface area contributed by atoms with Gasteiger partial charge in [-0.05, 0) is 18.8 Å². The highest BCUT2D eigenvalue weighted by Crippen LogP contribution is 2.28. The second kappa shape index (κ2) is 6.36. The van der Waals surface area contributed by atoms with Crippen LogP contribution < -0.4 is 5.32 Å². The molecule has 108 valence electrons. The summed E-state index contributed by atoms with van der Waals surface area (Å²) in [6.45, 7) is 10.0. The van der Waals surface area contributed by atoms with Crippen molar-refractivity contribution in [2.24, 2.45) is 5.92 Å². The van der Waals surface area contributed by atoms with Crippen LogP contribution in [0.15, 0.2) is 6.20 Å². The van der Waals surface area contributed by atoms with Gasteiger partial charge in [-0.1, -0.05) is 47.0 Å². The molecule has 0 spiro atoms. The van der Waals surface area contributed by atoms with Crippen molar-refractivity contribution in [2.45, 2.75) is 77.8 Å². The lowest BCUT2D eigenvalue weighted by molar-refractivity contribution is 0.279. The van der Waals surface area contributed by atoms with E-state index < -0.39 is 0 Å².